The van der Waals surface area contributed by atoms with Crippen LogP contribution in [0.5, 0.6) is 0 Å². The van der Waals surface area contributed by atoms with Gasteiger partial charge in [-0.25, -0.2) is 0 Å². The summed E-state index contributed by atoms with van der Waals surface area (Å²) in [5, 5.41) is 1.51. The van der Waals surface area contributed by atoms with E-state index in [4.69, 9.17) is 11.6 Å². The number of halogens is 2. The quantitative estimate of drug-likeness (QED) is 0.640. The summed E-state index contributed by atoms with van der Waals surface area (Å²) in [6, 6.07) is 11.2. The van der Waals surface area contributed by atoms with Crippen LogP contribution in [0, 0.1) is 6.92 Å². The van der Waals surface area contributed by atoms with Gasteiger partial charge in [-0.05, 0) is 30.7 Å². The number of aromatic nitrogens is 1. The van der Waals surface area contributed by atoms with E-state index in [1.54, 1.807) is 24.4 Å². The van der Waals surface area contributed by atoms with E-state index >= 15 is 0 Å². The van der Waals surface area contributed by atoms with Gasteiger partial charge in [-0.2, -0.15) is 0 Å². The van der Waals surface area contributed by atoms with Crippen LogP contribution in [0.1, 0.15) is 21.5 Å². The van der Waals surface area contributed by atoms with Crippen LogP contribution >= 0.6 is 27.5 Å². The molecule has 0 aliphatic heterocycles. The van der Waals surface area contributed by atoms with Crippen molar-refractivity contribution in [1.82, 2.24) is 4.98 Å². The van der Waals surface area contributed by atoms with Crippen LogP contribution in [0.2, 0.25) is 5.02 Å². The largest absolute Gasteiger partial charge is 0.360 e. The third-order valence-corrected chi connectivity index (χ3v) is 4.48. The molecule has 0 fully saturated rings. The first-order chi connectivity index (χ1) is 9.59. The number of hydrogen-bond donors (Lipinski definition) is 1. The molecule has 0 spiro atoms. The molecule has 1 heterocycles. The number of benzene rings is 2. The number of carbonyl (C=O) groups is 1. The Morgan fingerprint density at radius 2 is 1.90 bits per heavy atom. The van der Waals surface area contributed by atoms with E-state index in [0.29, 0.717) is 16.1 Å². The first-order valence-electron chi connectivity index (χ1n) is 6.15. The molecule has 2 aromatic carbocycles. The lowest BCUT2D eigenvalue weighted by Gasteiger charge is -2.06. The monoisotopic (exact) mass is 347 g/mol. The summed E-state index contributed by atoms with van der Waals surface area (Å²) in [5.41, 5.74) is 3.02. The molecule has 1 N–H and O–H groups in total. The highest BCUT2D eigenvalue weighted by atomic mass is 79.9. The highest BCUT2D eigenvalue weighted by Crippen LogP contribution is 2.30. The normalized spacial score (nSPS) is 10.9. The summed E-state index contributed by atoms with van der Waals surface area (Å²) in [6.07, 6.45) is 1.75. The summed E-state index contributed by atoms with van der Waals surface area (Å²) in [5.74, 6) is -0.0249. The zero-order chi connectivity index (χ0) is 14.3. The first-order valence-corrected chi connectivity index (χ1v) is 7.32. The molecule has 100 valence electrons. The fraction of sp³-hybridized carbons (Fsp3) is 0.0625. The first kappa shape index (κ1) is 13.4. The van der Waals surface area contributed by atoms with Crippen LogP contribution in [0.3, 0.4) is 0 Å². The third kappa shape index (κ3) is 2.07. The Morgan fingerprint density at radius 3 is 2.70 bits per heavy atom. The van der Waals surface area contributed by atoms with Crippen LogP contribution in [0.15, 0.2) is 47.1 Å². The van der Waals surface area contributed by atoms with Gasteiger partial charge in [0.1, 0.15) is 0 Å². The van der Waals surface area contributed by atoms with Crippen molar-refractivity contribution in [1.29, 1.82) is 0 Å². The Balaban J connectivity index is 2.21. The Labute approximate surface area is 129 Å². The molecule has 2 nitrogen and oxygen atoms in total. The van der Waals surface area contributed by atoms with E-state index in [9.17, 15) is 4.79 Å². The van der Waals surface area contributed by atoms with E-state index in [0.717, 1.165) is 20.9 Å². The summed E-state index contributed by atoms with van der Waals surface area (Å²) in [4.78, 5) is 15.9. The van der Waals surface area contributed by atoms with E-state index < -0.39 is 0 Å². The van der Waals surface area contributed by atoms with Gasteiger partial charge in [-0.15, -0.1) is 0 Å². The predicted octanol–water partition coefficient (Wildman–Crippen LogP) is 5.12. The number of rotatable bonds is 2. The summed E-state index contributed by atoms with van der Waals surface area (Å²) in [7, 11) is 0. The van der Waals surface area contributed by atoms with Gasteiger partial charge in [0.25, 0.3) is 0 Å². The zero-order valence-electron chi connectivity index (χ0n) is 10.7. The van der Waals surface area contributed by atoms with Gasteiger partial charge in [0.05, 0.1) is 0 Å². The molecule has 0 amide bonds. The van der Waals surface area contributed by atoms with Gasteiger partial charge in [-0.3, -0.25) is 4.79 Å². The molecule has 4 heteroatoms. The molecule has 0 aliphatic carbocycles. The molecule has 1 aromatic heterocycles. The topological polar surface area (TPSA) is 32.9 Å². The fourth-order valence-corrected chi connectivity index (χ4v) is 3.07. The smallest absolute Gasteiger partial charge is 0.195 e. The minimum absolute atomic E-state index is 0.0249. The molecule has 0 radical (unpaired) electrons. The number of hydrogen-bond acceptors (Lipinski definition) is 1. The molecule has 0 bridgehead atoms. The van der Waals surface area contributed by atoms with Crippen molar-refractivity contribution in [2.75, 3.05) is 0 Å². The number of H-pyrrole nitrogens is 1. The predicted molar refractivity (Wildman–Crippen MR) is 85.6 cm³/mol. The van der Waals surface area contributed by atoms with Crippen molar-refractivity contribution in [3.8, 4) is 0 Å². The molecule has 0 unspecified atom stereocenters. The van der Waals surface area contributed by atoms with E-state index in [1.807, 2.05) is 25.1 Å². The third-order valence-electron chi connectivity index (χ3n) is 3.41. The van der Waals surface area contributed by atoms with Crippen LogP contribution < -0.4 is 0 Å². The van der Waals surface area contributed by atoms with Gasteiger partial charge in [-0.1, -0.05) is 45.7 Å². The van der Waals surface area contributed by atoms with E-state index in [-0.39, 0.29) is 5.78 Å². The van der Waals surface area contributed by atoms with Gasteiger partial charge < -0.3 is 4.98 Å². The average Bonchev–Trinajstić information content (AvgIpc) is 2.86. The molecule has 3 rings (SSSR count). The lowest BCUT2D eigenvalue weighted by Crippen LogP contribution is -2.03. The Morgan fingerprint density at radius 1 is 1.15 bits per heavy atom. The van der Waals surface area contributed by atoms with E-state index in [1.165, 1.54) is 0 Å². The van der Waals surface area contributed by atoms with Gasteiger partial charge >= 0.3 is 0 Å². The summed E-state index contributed by atoms with van der Waals surface area (Å²) < 4.78 is 0.902. The lowest BCUT2D eigenvalue weighted by molar-refractivity contribution is 0.103. The van der Waals surface area contributed by atoms with Crippen LogP contribution in [0.25, 0.3) is 10.9 Å². The molecular formula is C16H11BrClNO. The summed E-state index contributed by atoms with van der Waals surface area (Å²) >= 11 is 9.60. The number of nitrogens with one attached hydrogen (secondary N) is 1. The summed E-state index contributed by atoms with van der Waals surface area (Å²) in [6.45, 7) is 1.86. The standard InChI is InChI=1S/C16H11BrClNO/c1-9-10(4-2-6-13(9)18)16(20)11-8-19-14-7-3-5-12(17)15(11)14/h2-8,19H,1H3. The maximum atomic E-state index is 12.7. The van der Waals surface area contributed by atoms with Crippen LogP contribution in [-0.4, -0.2) is 10.8 Å². The molecule has 20 heavy (non-hydrogen) atoms. The number of fused-ring (bicyclic) bond motifs is 1. The minimum Gasteiger partial charge on any atom is -0.360 e. The second kappa shape index (κ2) is 5.08. The van der Waals surface area contributed by atoms with Gasteiger partial charge in [0.15, 0.2) is 5.78 Å². The van der Waals surface area contributed by atoms with Crippen LogP contribution in [0.4, 0.5) is 0 Å². The van der Waals surface area contributed by atoms with Crippen molar-refractivity contribution in [2.45, 2.75) is 6.92 Å². The molecule has 0 aliphatic rings. The van der Waals surface area contributed by atoms with Crippen molar-refractivity contribution in [3.05, 3.63) is 68.8 Å². The maximum absolute atomic E-state index is 12.7. The van der Waals surface area contributed by atoms with Crippen LogP contribution in [-0.2, 0) is 0 Å². The van der Waals surface area contributed by atoms with Crippen molar-refractivity contribution < 1.29 is 4.79 Å². The molecular weight excluding hydrogens is 338 g/mol. The Bertz CT molecular complexity index is 822. The maximum Gasteiger partial charge on any atom is 0.195 e. The highest BCUT2D eigenvalue weighted by Gasteiger charge is 2.18. The Hall–Kier alpha value is -1.58. The second-order valence-corrected chi connectivity index (χ2v) is 5.87. The van der Waals surface area contributed by atoms with Crippen molar-refractivity contribution in [3.63, 3.8) is 0 Å². The van der Waals surface area contributed by atoms with Crippen molar-refractivity contribution >= 4 is 44.2 Å². The second-order valence-electron chi connectivity index (χ2n) is 4.61. The number of aromatic amines is 1. The zero-order valence-corrected chi connectivity index (χ0v) is 13.0. The lowest BCUT2D eigenvalue weighted by atomic mass is 9.99. The van der Waals surface area contributed by atoms with Gasteiger partial charge in [0.2, 0.25) is 0 Å². The minimum atomic E-state index is -0.0249. The number of ketones is 1. The Kier molecular flexibility index (Phi) is 3.40. The molecule has 0 saturated carbocycles. The van der Waals surface area contributed by atoms with Crippen molar-refractivity contribution in [2.24, 2.45) is 0 Å². The highest BCUT2D eigenvalue weighted by molar-refractivity contribution is 9.10. The SMILES string of the molecule is Cc1c(Cl)cccc1C(=O)c1c[nH]c2cccc(Br)c12. The van der Waals surface area contributed by atoms with Gasteiger partial charge in [0, 0.05) is 37.7 Å². The molecule has 3 aromatic rings. The number of carbonyl (C=O) groups excluding carboxylic acids is 1. The molecule has 0 atom stereocenters. The fourth-order valence-electron chi connectivity index (χ4n) is 2.32. The van der Waals surface area contributed by atoms with E-state index in [2.05, 4.69) is 20.9 Å². The molecule has 0 saturated heterocycles. The average molecular weight is 349 g/mol.